The van der Waals surface area contributed by atoms with Gasteiger partial charge in [0.1, 0.15) is 0 Å². The van der Waals surface area contributed by atoms with Gasteiger partial charge in [-0.1, -0.05) is 28.1 Å². The quantitative estimate of drug-likeness (QED) is 0.911. The standard InChI is InChI=1S/C14H19BrN2O/c1-17-9-8-14(10-16,7-6-13(17)18)11-2-4-12(15)5-3-11/h2-5H,6-10,16H2,1H3. The zero-order valence-electron chi connectivity index (χ0n) is 10.7. The molecule has 1 aliphatic heterocycles. The van der Waals surface area contributed by atoms with Crippen LogP contribution in [0.1, 0.15) is 24.8 Å². The number of nitrogens with two attached hydrogens (primary N) is 1. The van der Waals surface area contributed by atoms with E-state index in [2.05, 4.69) is 28.1 Å². The summed E-state index contributed by atoms with van der Waals surface area (Å²) in [5, 5.41) is 0. The number of amides is 1. The first kappa shape index (κ1) is 13.6. The van der Waals surface area contributed by atoms with Gasteiger partial charge in [-0.2, -0.15) is 0 Å². The zero-order valence-corrected chi connectivity index (χ0v) is 12.2. The summed E-state index contributed by atoms with van der Waals surface area (Å²) in [5.74, 6) is 0.224. The van der Waals surface area contributed by atoms with Crippen molar-refractivity contribution in [2.24, 2.45) is 5.73 Å². The highest BCUT2D eigenvalue weighted by molar-refractivity contribution is 9.10. The molecule has 1 saturated heterocycles. The molecule has 1 amide bonds. The number of carbonyl (C=O) groups excluding carboxylic acids is 1. The van der Waals surface area contributed by atoms with E-state index in [9.17, 15) is 4.79 Å². The average molecular weight is 311 g/mol. The van der Waals surface area contributed by atoms with E-state index < -0.39 is 0 Å². The van der Waals surface area contributed by atoms with Crippen molar-refractivity contribution in [3.63, 3.8) is 0 Å². The van der Waals surface area contributed by atoms with Crippen LogP contribution in [0.15, 0.2) is 28.7 Å². The Morgan fingerprint density at radius 1 is 1.33 bits per heavy atom. The van der Waals surface area contributed by atoms with E-state index in [1.807, 2.05) is 24.1 Å². The molecule has 1 aromatic carbocycles. The SMILES string of the molecule is CN1CCC(CN)(c2ccc(Br)cc2)CCC1=O. The molecule has 0 aliphatic carbocycles. The van der Waals surface area contributed by atoms with Crippen molar-refractivity contribution in [3.8, 4) is 0 Å². The molecule has 1 unspecified atom stereocenters. The topological polar surface area (TPSA) is 46.3 Å². The Kier molecular flexibility index (Phi) is 4.07. The van der Waals surface area contributed by atoms with Crippen LogP contribution < -0.4 is 5.73 Å². The second kappa shape index (κ2) is 5.41. The molecule has 98 valence electrons. The van der Waals surface area contributed by atoms with Crippen molar-refractivity contribution in [2.45, 2.75) is 24.7 Å². The van der Waals surface area contributed by atoms with E-state index in [4.69, 9.17) is 5.73 Å². The number of halogens is 1. The molecule has 3 nitrogen and oxygen atoms in total. The van der Waals surface area contributed by atoms with Gasteiger partial charge in [-0.05, 0) is 30.5 Å². The average Bonchev–Trinajstić information content (AvgIpc) is 2.53. The molecule has 0 aromatic heterocycles. The first-order valence-electron chi connectivity index (χ1n) is 6.27. The Morgan fingerprint density at radius 2 is 2.00 bits per heavy atom. The van der Waals surface area contributed by atoms with E-state index >= 15 is 0 Å². The molecule has 2 N–H and O–H groups in total. The normalized spacial score (nSPS) is 25.1. The lowest BCUT2D eigenvalue weighted by Crippen LogP contribution is -2.36. The van der Waals surface area contributed by atoms with Gasteiger partial charge in [-0.3, -0.25) is 4.79 Å². The fraction of sp³-hybridized carbons (Fsp3) is 0.500. The predicted molar refractivity (Wildman–Crippen MR) is 76.4 cm³/mol. The van der Waals surface area contributed by atoms with Gasteiger partial charge < -0.3 is 10.6 Å². The van der Waals surface area contributed by atoms with Crippen LogP contribution >= 0.6 is 15.9 Å². The molecule has 0 radical (unpaired) electrons. The summed E-state index contributed by atoms with van der Waals surface area (Å²) < 4.78 is 1.07. The van der Waals surface area contributed by atoms with E-state index in [-0.39, 0.29) is 11.3 Å². The first-order chi connectivity index (χ1) is 8.57. The monoisotopic (exact) mass is 310 g/mol. The number of benzene rings is 1. The third-order valence-corrected chi connectivity index (χ3v) is 4.54. The maximum Gasteiger partial charge on any atom is 0.222 e. The minimum Gasteiger partial charge on any atom is -0.346 e. The Balaban J connectivity index is 2.30. The molecule has 0 spiro atoms. The summed E-state index contributed by atoms with van der Waals surface area (Å²) in [5.41, 5.74) is 7.22. The van der Waals surface area contributed by atoms with Crippen molar-refractivity contribution in [1.29, 1.82) is 0 Å². The third-order valence-electron chi connectivity index (χ3n) is 4.02. The van der Waals surface area contributed by atoms with Crippen molar-refractivity contribution in [1.82, 2.24) is 4.90 Å². The van der Waals surface area contributed by atoms with Gasteiger partial charge in [-0.25, -0.2) is 0 Å². The van der Waals surface area contributed by atoms with Crippen LogP contribution in [0.2, 0.25) is 0 Å². The fourth-order valence-corrected chi connectivity index (χ4v) is 2.85. The minimum atomic E-state index is -0.0544. The second-order valence-corrected chi connectivity index (χ2v) is 5.97. The van der Waals surface area contributed by atoms with E-state index in [0.717, 1.165) is 23.9 Å². The summed E-state index contributed by atoms with van der Waals surface area (Å²) in [7, 11) is 1.87. The minimum absolute atomic E-state index is 0.0544. The van der Waals surface area contributed by atoms with Crippen LogP contribution in [-0.4, -0.2) is 30.9 Å². The summed E-state index contributed by atoms with van der Waals surface area (Å²) in [6.45, 7) is 1.38. The van der Waals surface area contributed by atoms with E-state index in [0.29, 0.717) is 13.0 Å². The van der Waals surface area contributed by atoms with E-state index in [1.54, 1.807) is 0 Å². The smallest absolute Gasteiger partial charge is 0.222 e. The van der Waals surface area contributed by atoms with Crippen molar-refractivity contribution in [3.05, 3.63) is 34.3 Å². The molecule has 1 fully saturated rings. The molecule has 1 aromatic rings. The lowest BCUT2D eigenvalue weighted by molar-refractivity contribution is -0.129. The molecule has 4 heteroatoms. The maximum atomic E-state index is 11.8. The molecule has 1 atom stereocenters. The second-order valence-electron chi connectivity index (χ2n) is 5.06. The third kappa shape index (κ3) is 2.59. The molecular formula is C14H19BrN2O. The predicted octanol–water partition coefficient (Wildman–Crippen LogP) is 2.29. The molecule has 1 heterocycles. The zero-order chi connectivity index (χ0) is 13.2. The van der Waals surface area contributed by atoms with Crippen molar-refractivity contribution in [2.75, 3.05) is 20.1 Å². The molecule has 0 bridgehead atoms. The maximum absolute atomic E-state index is 11.8. The Hall–Kier alpha value is -0.870. The van der Waals surface area contributed by atoms with Crippen LogP contribution in [-0.2, 0) is 10.2 Å². The summed E-state index contributed by atoms with van der Waals surface area (Å²) in [6.07, 6.45) is 2.37. The number of carbonyl (C=O) groups is 1. The van der Waals surface area contributed by atoms with E-state index in [1.165, 1.54) is 5.56 Å². The highest BCUT2D eigenvalue weighted by Gasteiger charge is 2.34. The van der Waals surface area contributed by atoms with Crippen molar-refractivity contribution < 1.29 is 4.79 Å². The Labute approximate surface area is 116 Å². The number of rotatable bonds is 2. The van der Waals surface area contributed by atoms with Crippen LogP contribution in [0.5, 0.6) is 0 Å². The molecule has 18 heavy (non-hydrogen) atoms. The molecule has 0 saturated carbocycles. The number of nitrogens with zero attached hydrogens (tertiary/aromatic N) is 1. The summed E-state index contributed by atoms with van der Waals surface area (Å²) in [6, 6.07) is 8.33. The van der Waals surface area contributed by atoms with Gasteiger partial charge in [-0.15, -0.1) is 0 Å². The molecular weight excluding hydrogens is 292 g/mol. The van der Waals surface area contributed by atoms with Crippen LogP contribution in [0.3, 0.4) is 0 Å². The van der Waals surface area contributed by atoms with Gasteiger partial charge in [0.2, 0.25) is 5.91 Å². The lowest BCUT2D eigenvalue weighted by atomic mass is 9.74. The van der Waals surface area contributed by atoms with Gasteiger partial charge in [0.15, 0.2) is 0 Å². The molecule has 2 rings (SSSR count). The highest BCUT2D eigenvalue weighted by Crippen LogP contribution is 2.35. The van der Waals surface area contributed by atoms with Crippen LogP contribution in [0.4, 0.5) is 0 Å². The fourth-order valence-electron chi connectivity index (χ4n) is 2.58. The largest absolute Gasteiger partial charge is 0.346 e. The summed E-state index contributed by atoms with van der Waals surface area (Å²) in [4.78, 5) is 13.6. The summed E-state index contributed by atoms with van der Waals surface area (Å²) >= 11 is 3.45. The number of hydrogen-bond acceptors (Lipinski definition) is 2. The Bertz CT molecular complexity index is 432. The van der Waals surface area contributed by atoms with Crippen LogP contribution in [0, 0.1) is 0 Å². The highest BCUT2D eigenvalue weighted by atomic mass is 79.9. The van der Waals surface area contributed by atoms with Gasteiger partial charge >= 0.3 is 0 Å². The van der Waals surface area contributed by atoms with Gasteiger partial charge in [0, 0.05) is 36.4 Å². The van der Waals surface area contributed by atoms with Crippen molar-refractivity contribution >= 4 is 21.8 Å². The molecule has 1 aliphatic rings. The first-order valence-corrected chi connectivity index (χ1v) is 7.07. The number of likely N-dealkylation sites (tertiary alicyclic amines) is 1. The van der Waals surface area contributed by atoms with Gasteiger partial charge in [0.05, 0.1) is 0 Å². The number of hydrogen-bond donors (Lipinski definition) is 1. The lowest BCUT2D eigenvalue weighted by Gasteiger charge is -2.31. The van der Waals surface area contributed by atoms with Crippen LogP contribution in [0.25, 0.3) is 0 Å². The Morgan fingerprint density at radius 3 is 2.61 bits per heavy atom. The van der Waals surface area contributed by atoms with Gasteiger partial charge in [0.25, 0.3) is 0 Å².